The van der Waals surface area contributed by atoms with Gasteiger partial charge >= 0.3 is 0 Å². The molecule has 0 heterocycles. The number of aryl methyl sites for hydroxylation is 1. The van der Waals surface area contributed by atoms with E-state index in [4.69, 9.17) is 4.74 Å². The van der Waals surface area contributed by atoms with Crippen LogP contribution in [0.2, 0.25) is 0 Å². The van der Waals surface area contributed by atoms with E-state index < -0.39 is 4.92 Å². The number of hydrogen-bond donors (Lipinski definition) is 1. The van der Waals surface area contributed by atoms with Gasteiger partial charge in [-0.15, -0.1) is 0 Å². The van der Waals surface area contributed by atoms with Crippen LogP contribution in [-0.2, 0) is 0 Å². The van der Waals surface area contributed by atoms with Gasteiger partial charge in [0.25, 0.3) is 11.6 Å². The number of benzene rings is 2. The number of hydrogen-bond acceptors (Lipinski definition) is 4. The van der Waals surface area contributed by atoms with Crippen molar-refractivity contribution in [3.05, 3.63) is 63.7 Å². The number of carbonyl (C=O) groups is 1. The number of nitrogens with zero attached hydrogens (tertiary/aromatic N) is 1. The van der Waals surface area contributed by atoms with E-state index >= 15 is 0 Å². The Morgan fingerprint density at radius 2 is 2.05 bits per heavy atom. The van der Waals surface area contributed by atoms with Gasteiger partial charge in [0.15, 0.2) is 0 Å². The summed E-state index contributed by atoms with van der Waals surface area (Å²) in [5.74, 6) is 0.340. The number of carbonyl (C=O) groups excluding carboxylic acids is 1. The minimum absolute atomic E-state index is 0.00473. The number of rotatable bonds is 5. The number of ether oxygens (including phenoxy) is 1. The van der Waals surface area contributed by atoms with Crippen LogP contribution in [0.25, 0.3) is 0 Å². The number of nitro groups is 1. The molecule has 0 fully saturated rings. The van der Waals surface area contributed by atoms with Gasteiger partial charge in [-0.2, -0.15) is 0 Å². The molecule has 0 saturated carbocycles. The quantitative estimate of drug-likeness (QED) is 0.676. The first-order chi connectivity index (χ1) is 10.5. The van der Waals surface area contributed by atoms with E-state index in [1.165, 1.54) is 18.2 Å². The van der Waals surface area contributed by atoms with E-state index in [-0.39, 0.29) is 11.6 Å². The Morgan fingerprint density at radius 3 is 2.68 bits per heavy atom. The SMILES string of the molecule is CCOc1cccc(NC(=O)c2ccc([N+](=O)[O-])c(C)c2)c1. The Kier molecular flexibility index (Phi) is 4.73. The minimum Gasteiger partial charge on any atom is -0.494 e. The number of nitro benzene ring substituents is 1. The van der Waals surface area contributed by atoms with Gasteiger partial charge in [0.05, 0.1) is 11.5 Å². The average Bonchev–Trinajstić information content (AvgIpc) is 2.47. The predicted octanol–water partition coefficient (Wildman–Crippen LogP) is 3.55. The van der Waals surface area contributed by atoms with Crippen molar-refractivity contribution >= 4 is 17.3 Å². The van der Waals surface area contributed by atoms with Crippen molar-refractivity contribution in [1.82, 2.24) is 0 Å². The lowest BCUT2D eigenvalue weighted by Gasteiger charge is -2.08. The molecule has 0 bridgehead atoms. The zero-order valence-corrected chi connectivity index (χ0v) is 12.3. The van der Waals surface area contributed by atoms with E-state index in [1.807, 2.05) is 6.92 Å². The molecule has 2 aromatic rings. The molecule has 0 atom stereocenters. The third kappa shape index (κ3) is 3.60. The first-order valence-corrected chi connectivity index (χ1v) is 6.80. The maximum absolute atomic E-state index is 12.2. The molecule has 0 aliphatic heterocycles. The molecule has 6 nitrogen and oxygen atoms in total. The predicted molar refractivity (Wildman–Crippen MR) is 83.4 cm³/mol. The van der Waals surface area contributed by atoms with Gasteiger partial charge < -0.3 is 10.1 Å². The minimum atomic E-state index is -0.470. The number of nitrogens with one attached hydrogen (secondary N) is 1. The summed E-state index contributed by atoms with van der Waals surface area (Å²) in [6.45, 7) is 4.02. The topological polar surface area (TPSA) is 81.5 Å². The van der Waals surface area contributed by atoms with Crippen LogP contribution in [0.5, 0.6) is 5.75 Å². The van der Waals surface area contributed by atoms with Crippen molar-refractivity contribution in [2.24, 2.45) is 0 Å². The van der Waals surface area contributed by atoms with Gasteiger partial charge in [-0.25, -0.2) is 0 Å². The first kappa shape index (κ1) is 15.5. The first-order valence-electron chi connectivity index (χ1n) is 6.80. The highest BCUT2D eigenvalue weighted by atomic mass is 16.6. The summed E-state index contributed by atoms with van der Waals surface area (Å²) in [4.78, 5) is 22.5. The number of amides is 1. The van der Waals surface area contributed by atoms with Gasteiger partial charge in [-0.3, -0.25) is 14.9 Å². The average molecular weight is 300 g/mol. The largest absolute Gasteiger partial charge is 0.494 e. The molecule has 0 radical (unpaired) electrons. The molecule has 0 aromatic heterocycles. The van der Waals surface area contributed by atoms with E-state index in [0.29, 0.717) is 29.2 Å². The second-order valence-electron chi connectivity index (χ2n) is 4.67. The van der Waals surface area contributed by atoms with Crippen LogP contribution < -0.4 is 10.1 Å². The monoisotopic (exact) mass is 300 g/mol. The fourth-order valence-electron chi connectivity index (χ4n) is 2.04. The van der Waals surface area contributed by atoms with Crippen LogP contribution in [0.1, 0.15) is 22.8 Å². The lowest BCUT2D eigenvalue weighted by atomic mass is 10.1. The summed E-state index contributed by atoms with van der Waals surface area (Å²) in [5, 5.41) is 13.5. The second kappa shape index (κ2) is 6.71. The van der Waals surface area contributed by atoms with E-state index in [1.54, 1.807) is 31.2 Å². The highest BCUT2D eigenvalue weighted by Crippen LogP contribution is 2.21. The van der Waals surface area contributed by atoms with Gasteiger partial charge in [0.2, 0.25) is 0 Å². The van der Waals surface area contributed by atoms with Crippen molar-refractivity contribution in [2.45, 2.75) is 13.8 Å². The standard InChI is InChI=1S/C16H16N2O4/c1-3-22-14-6-4-5-13(10-14)17-16(19)12-7-8-15(18(20)21)11(2)9-12/h4-10H,3H2,1-2H3,(H,17,19). The van der Waals surface area contributed by atoms with Crippen LogP contribution in [-0.4, -0.2) is 17.4 Å². The normalized spacial score (nSPS) is 10.1. The Bertz CT molecular complexity index is 713. The summed E-state index contributed by atoms with van der Waals surface area (Å²) in [7, 11) is 0. The Balaban J connectivity index is 2.17. The van der Waals surface area contributed by atoms with Crippen molar-refractivity contribution in [2.75, 3.05) is 11.9 Å². The number of anilines is 1. The van der Waals surface area contributed by atoms with Gasteiger partial charge in [0, 0.05) is 28.9 Å². The van der Waals surface area contributed by atoms with E-state index in [2.05, 4.69) is 5.32 Å². The van der Waals surface area contributed by atoms with Crippen molar-refractivity contribution in [3.8, 4) is 5.75 Å². The lowest BCUT2D eigenvalue weighted by Crippen LogP contribution is -2.12. The van der Waals surface area contributed by atoms with Crippen LogP contribution in [0.3, 0.4) is 0 Å². The smallest absolute Gasteiger partial charge is 0.272 e. The van der Waals surface area contributed by atoms with Gasteiger partial charge in [0.1, 0.15) is 5.75 Å². The third-order valence-corrected chi connectivity index (χ3v) is 3.06. The molecular weight excluding hydrogens is 284 g/mol. The highest BCUT2D eigenvalue weighted by Gasteiger charge is 2.14. The Hall–Kier alpha value is -2.89. The maximum Gasteiger partial charge on any atom is 0.272 e. The maximum atomic E-state index is 12.2. The molecule has 1 N–H and O–H groups in total. The van der Waals surface area contributed by atoms with Gasteiger partial charge in [-0.05, 0) is 38.1 Å². The molecule has 0 aliphatic rings. The molecule has 0 aliphatic carbocycles. The van der Waals surface area contributed by atoms with Crippen LogP contribution in [0, 0.1) is 17.0 Å². The molecule has 22 heavy (non-hydrogen) atoms. The van der Waals surface area contributed by atoms with Gasteiger partial charge in [-0.1, -0.05) is 6.07 Å². The third-order valence-electron chi connectivity index (χ3n) is 3.06. The molecule has 2 rings (SSSR count). The van der Waals surface area contributed by atoms with Crippen molar-refractivity contribution < 1.29 is 14.5 Å². The zero-order valence-electron chi connectivity index (χ0n) is 12.3. The van der Waals surface area contributed by atoms with Crippen LogP contribution in [0.15, 0.2) is 42.5 Å². The molecule has 2 aromatic carbocycles. The summed E-state index contributed by atoms with van der Waals surface area (Å²) >= 11 is 0. The van der Waals surface area contributed by atoms with Crippen molar-refractivity contribution in [1.29, 1.82) is 0 Å². The van der Waals surface area contributed by atoms with E-state index in [0.717, 1.165) is 0 Å². The zero-order chi connectivity index (χ0) is 16.1. The summed E-state index contributed by atoms with van der Waals surface area (Å²) < 4.78 is 5.37. The molecule has 114 valence electrons. The molecule has 1 amide bonds. The van der Waals surface area contributed by atoms with Crippen molar-refractivity contribution in [3.63, 3.8) is 0 Å². The molecular formula is C16H16N2O4. The fraction of sp³-hybridized carbons (Fsp3) is 0.188. The molecule has 6 heteroatoms. The molecule has 0 saturated heterocycles. The summed E-state index contributed by atoms with van der Waals surface area (Å²) in [5.41, 5.74) is 1.41. The highest BCUT2D eigenvalue weighted by molar-refractivity contribution is 6.04. The summed E-state index contributed by atoms with van der Waals surface area (Å²) in [6.07, 6.45) is 0. The van der Waals surface area contributed by atoms with Crippen LogP contribution >= 0.6 is 0 Å². The molecule has 0 spiro atoms. The molecule has 0 unspecified atom stereocenters. The summed E-state index contributed by atoms with van der Waals surface area (Å²) in [6, 6.07) is 11.3. The Morgan fingerprint density at radius 1 is 1.27 bits per heavy atom. The Labute approximate surface area is 127 Å². The van der Waals surface area contributed by atoms with Crippen LogP contribution in [0.4, 0.5) is 11.4 Å². The lowest BCUT2D eigenvalue weighted by molar-refractivity contribution is -0.385. The fourth-order valence-corrected chi connectivity index (χ4v) is 2.04. The van der Waals surface area contributed by atoms with E-state index in [9.17, 15) is 14.9 Å². The second-order valence-corrected chi connectivity index (χ2v) is 4.67.